The minimum Gasteiger partial charge on any atom is -0.508 e. The molecule has 8 heteroatoms. The molecule has 1 aliphatic rings. The average molecular weight is 369 g/mol. The summed E-state index contributed by atoms with van der Waals surface area (Å²) in [5, 5.41) is 9.22. The molecule has 138 valence electrons. The third kappa shape index (κ3) is 4.94. The molecule has 1 aromatic rings. The Morgan fingerprint density at radius 1 is 1.32 bits per heavy atom. The molecule has 0 spiro atoms. The van der Waals surface area contributed by atoms with E-state index in [1.165, 1.54) is 29.2 Å². The Morgan fingerprint density at radius 2 is 1.96 bits per heavy atom. The lowest BCUT2D eigenvalue weighted by atomic mass is 10.1. The van der Waals surface area contributed by atoms with Crippen LogP contribution in [0.4, 0.5) is 0 Å². The van der Waals surface area contributed by atoms with Crippen molar-refractivity contribution in [1.82, 2.24) is 4.90 Å². The Labute approximate surface area is 147 Å². The molecule has 1 aromatic carbocycles. The summed E-state index contributed by atoms with van der Waals surface area (Å²) < 4.78 is 28.5. The Bertz CT molecular complexity index is 728. The lowest BCUT2D eigenvalue weighted by Gasteiger charge is -2.33. The molecule has 0 unspecified atom stereocenters. The summed E-state index contributed by atoms with van der Waals surface area (Å²) in [5.74, 6) is -1.02. The molecular formula is C17H23NO6S. The smallest absolute Gasteiger partial charge is 0.338 e. The van der Waals surface area contributed by atoms with E-state index in [0.717, 1.165) is 0 Å². The van der Waals surface area contributed by atoms with Crippen molar-refractivity contribution in [1.29, 1.82) is 0 Å². The first kappa shape index (κ1) is 19.2. The molecule has 1 heterocycles. The number of benzene rings is 1. The number of phenolic OH excluding ortho intramolecular Hbond substituents is 1. The third-order valence-electron chi connectivity index (χ3n) is 4.39. The van der Waals surface area contributed by atoms with Crippen LogP contribution in [-0.4, -0.2) is 60.5 Å². The summed E-state index contributed by atoms with van der Waals surface area (Å²) in [5.41, 5.74) is 0.226. The van der Waals surface area contributed by atoms with Gasteiger partial charge in [-0.15, -0.1) is 0 Å². The van der Waals surface area contributed by atoms with Gasteiger partial charge in [0, 0.05) is 12.1 Å². The van der Waals surface area contributed by atoms with Gasteiger partial charge >= 0.3 is 5.97 Å². The maximum absolute atomic E-state index is 12.5. The number of aromatic hydroxyl groups is 1. The maximum Gasteiger partial charge on any atom is 0.338 e. The number of ether oxygens (including phenoxy) is 1. The lowest BCUT2D eigenvalue weighted by molar-refractivity contribution is -0.138. The molecule has 0 bridgehead atoms. The van der Waals surface area contributed by atoms with Crippen LogP contribution in [-0.2, 0) is 19.4 Å². The van der Waals surface area contributed by atoms with Crippen molar-refractivity contribution >= 4 is 21.7 Å². The zero-order chi connectivity index (χ0) is 18.6. The van der Waals surface area contributed by atoms with E-state index in [2.05, 4.69) is 0 Å². The molecule has 0 radical (unpaired) electrons. The molecule has 7 nitrogen and oxygen atoms in total. The molecule has 1 N–H and O–H groups in total. The van der Waals surface area contributed by atoms with E-state index in [1.54, 1.807) is 0 Å². The summed E-state index contributed by atoms with van der Waals surface area (Å²) >= 11 is 0. The molecule has 1 amide bonds. The number of phenols is 1. The minimum absolute atomic E-state index is 0.0259. The van der Waals surface area contributed by atoms with Gasteiger partial charge in [-0.1, -0.05) is 6.92 Å². The van der Waals surface area contributed by atoms with E-state index in [1.807, 2.05) is 13.8 Å². The topological polar surface area (TPSA) is 101 Å². The predicted octanol–water partition coefficient (Wildman–Crippen LogP) is 1.36. The van der Waals surface area contributed by atoms with E-state index < -0.39 is 28.3 Å². The number of rotatable bonds is 6. The van der Waals surface area contributed by atoms with Gasteiger partial charge in [0.2, 0.25) is 0 Å². The normalized spacial score (nSPS) is 20.0. The van der Waals surface area contributed by atoms with E-state index in [4.69, 9.17) is 4.74 Å². The van der Waals surface area contributed by atoms with Crippen molar-refractivity contribution in [2.75, 3.05) is 18.1 Å². The van der Waals surface area contributed by atoms with Crippen molar-refractivity contribution < 1.29 is 27.9 Å². The van der Waals surface area contributed by atoms with Gasteiger partial charge in [-0.2, -0.15) is 0 Å². The van der Waals surface area contributed by atoms with Gasteiger partial charge in [0.15, 0.2) is 16.4 Å². The van der Waals surface area contributed by atoms with Crippen LogP contribution in [0, 0.1) is 0 Å². The average Bonchev–Trinajstić information content (AvgIpc) is 2.92. The molecule has 2 rings (SSSR count). The van der Waals surface area contributed by atoms with Crippen molar-refractivity contribution in [3.05, 3.63) is 29.8 Å². The van der Waals surface area contributed by atoms with Crippen molar-refractivity contribution in [2.45, 2.75) is 38.8 Å². The summed E-state index contributed by atoms with van der Waals surface area (Å²) in [6.45, 7) is 3.32. The Kier molecular flexibility index (Phi) is 6.05. The largest absolute Gasteiger partial charge is 0.508 e. The van der Waals surface area contributed by atoms with Gasteiger partial charge in [0.1, 0.15) is 5.75 Å². The first-order chi connectivity index (χ1) is 11.7. The summed E-state index contributed by atoms with van der Waals surface area (Å²) in [4.78, 5) is 26.1. The summed E-state index contributed by atoms with van der Waals surface area (Å²) in [7, 11) is -3.12. The van der Waals surface area contributed by atoms with Crippen LogP contribution in [0.15, 0.2) is 24.3 Å². The Balaban J connectivity index is 2.02. The van der Waals surface area contributed by atoms with E-state index in [-0.39, 0.29) is 34.9 Å². The summed E-state index contributed by atoms with van der Waals surface area (Å²) in [6, 6.07) is 4.99. The Hall–Kier alpha value is -2.09. The van der Waals surface area contributed by atoms with E-state index in [9.17, 15) is 23.1 Å². The highest BCUT2D eigenvalue weighted by molar-refractivity contribution is 7.91. The first-order valence-corrected chi connectivity index (χ1v) is 10.0. The van der Waals surface area contributed by atoms with Crippen LogP contribution in [0.5, 0.6) is 5.75 Å². The minimum atomic E-state index is -3.12. The van der Waals surface area contributed by atoms with Crippen LogP contribution < -0.4 is 0 Å². The fourth-order valence-corrected chi connectivity index (χ4v) is 4.59. The van der Waals surface area contributed by atoms with Gasteiger partial charge in [-0.3, -0.25) is 4.79 Å². The molecule has 1 fully saturated rings. The van der Waals surface area contributed by atoms with Crippen LogP contribution in [0.2, 0.25) is 0 Å². The highest BCUT2D eigenvalue weighted by Crippen LogP contribution is 2.21. The van der Waals surface area contributed by atoms with Crippen molar-refractivity contribution in [3.8, 4) is 5.75 Å². The zero-order valence-electron chi connectivity index (χ0n) is 14.3. The van der Waals surface area contributed by atoms with Gasteiger partial charge in [0.25, 0.3) is 5.91 Å². The molecule has 0 aliphatic carbocycles. The number of esters is 1. The van der Waals surface area contributed by atoms with Crippen LogP contribution in [0.1, 0.15) is 37.0 Å². The Morgan fingerprint density at radius 3 is 2.48 bits per heavy atom. The van der Waals surface area contributed by atoms with Crippen LogP contribution in [0.3, 0.4) is 0 Å². The monoisotopic (exact) mass is 369 g/mol. The molecule has 2 atom stereocenters. The number of carbonyl (C=O) groups excluding carboxylic acids is 2. The lowest BCUT2D eigenvalue weighted by Crippen LogP contribution is -2.48. The van der Waals surface area contributed by atoms with Gasteiger partial charge in [-0.05, 0) is 44.0 Å². The molecule has 0 aromatic heterocycles. The SMILES string of the molecule is CC[C@H](C)N(C(=O)COC(=O)c1ccc(O)cc1)[C@@H]1CCS(=O)(=O)C1. The standard InChI is InChI=1S/C17H23NO6S/c1-3-12(2)18(14-8-9-25(22,23)11-14)16(20)10-24-17(21)13-4-6-15(19)7-5-13/h4-7,12,14,19H,3,8-11H2,1-2H3/t12-,14+/m0/s1. The highest BCUT2D eigenvalue weighted by atomic mass is 32.2. The first-order valence-electron chi connectivity index (χ1n) is 8.21. The van der Waals surface area contributed by atoms with Crippen LogP contribution >= 0.6 is 0 Å². The summed E-state index contributed by atoms with van der Waals surface area (Å²) in [6.07, 6.45) is 1.08. The number of hydrogen-bond acceptors (Lipinski definition) is 6. The van der Waals surface area contributed by atoms with Crippen LogP contribution in [0.25, 0.3) is 0 Å². The second kappa shape index (κ2) is 7.86. The predicted molar refractivity (Wildman–Crippen MR) is 92.0 cm³/mol. The van der Waals surface area contributed by atoms with E-state index >= 15 is 0 Å². The van der Waals surface area contributed by atoms with Gasteiger partial charge in [-0.25, -0.2) is 13.2 Å². The van der Waals surface area contributed by atoms with Gasteiger partial charge in [0.05, 0.1) is 17.1 Å². The molecular weight excluding hydrogens is 346 g/mol. The quantitative estimate of drug-likeness (QED) is 0.760. The number of hydrogen-bond donors (Lipinski definition) is 1. The molecule has 25 heavy (non-hydrogen) atoms. The molecule has 1 aliphatic heterocycles. The third-order valence-corrected chi connectivity index (χ3v) is 6.14. The number of carbonyl (C=O) groups is 2. The number of sulfone groups is 1. The molecule has 1 saturated heterocycles. The number of amides is 1. The van der Waals surface area contributed by atoms with Crippen molar-refractivity contribution in [2.24, 2.45) is 0 Å². The maximum atomic E-state index is 12.5. The second-order valence-corrected chi connectivity index (χ2v) is 8.47. The van der Waals surface area contributed by atoms with Gasteiger partial charge < -0.3 is 14.7 Å². The zero-order valence-corrected chi connectivity index (χ0v) is 15.2. The van der Waals surface area contributed by atoms with Crippen molar-refractivity contribution in [3.63, 3.8) is 0 Å². The second-order valence-electron chi connectivity index (χ2n) is 6.24. The van der Waals surface area contributed by atoms with E-state index in [0.29, 0.717) is 12.8 Å². The fourth-order valence-electron chi connectivity index (χ4n) is 2.88. The highest BCUT2D eigenvalue weighted by Gasteiger charge is 2.36. The molecule has 0 saturated carbocycles. The fraction of sp³-hybridized carbons (Fsp3) is 0.529. The number of nitrogens with zero attached hydrogens (tertiary/aromatic N) is 1.